The zero-order chi connectivity index (χ0) is 30.6. The highest BCUT2D eigenvalue weighted by Gasteiger charge is 2.48. The van der Waals surface area contributed by atoms with Crippen LogP contribution in [0.4, 0.5) is 9.52 Å². The Bertz CT molecular complexity index is 1860. The molecule has 2 heterocycles. The lowest BCUT2D eigenvalue weighted by atomic mass is 9.95. The first-order valence-electron chi connectivity index (χ1n) is 13.4. The number of anilines is 1. The molecule has 5 aromatic rings. The lowest BCUT2D eigenvalue weighted by Gasteiger charge is -2.23. The molecule has 1 atom stereocenters. The molecular formula is C33H23ClFN3O4S2. The van der Waals surface area contributed by atoms with Gasteiger partial charge in [-0.1, -0.05) is 95.4 Å². The molecule has 0 aliphatic carbocycles. The number of ether oxygens (including phenoxy) is 1. The third-order valence-corrected chi connectivity index (χ3v) is 9.25. The van der Waals surface area contributed by atoms with Gasteiger partial charge in [-0.2, -0.15) is 0 Å². The summed E-state index contributed by atoms with van der Waals surface area (Å²) < 4.78 is 20.7. The second-order valence-corrected chi connectivity index (χ2v) is 12.4. The number of thioether (sulfide) groups is 1. The van der Waals surface area contributed by atoms with Crippen molar-refractivity contribution in [2.45, 2.75) is 22.7 Å². The predicted molar refractivity (Wildman–Crippen MR) is 169 cm³/mol. The van der Waals surface area contributed by atoms with Gasteiger partial charge in [0, 0.05) is 16.3 Å². The van der Waals surface area contributed by atoms with Crippen molar-refractivity contribution in [3.05, 3.63) is 142 Å². The van der Waals surface area contributed by atoms with Gasteiger partial charge in [0.25, 0.3) is 5.78 Å². The van der Waals surface area contributed by atoms with Crippen LogP contribution in [0.5, 0.6) is 5.75 Å². The summed E-state index contributed by atoms with van der Waals surface area (Å²) in [6, 6.07) is 28.4. The predicted octanol–water partition coefficient (Wildman–Crippen LogP) is 7.83. The first kappa shape index (κ1) is 29.6. The second-order valence-electron chi connectivity index (χ2n) is 9.75. The van der Waals surface area contributed by atoms with Gasteiger partial charge in [-0.25, -0.2) is 4.39 Å². The van der Waals surface area contributed by atoms with Crippen LogP contribution in [0.2, 0.25) is 5.02 Å². The number of carbonyl (C=O) groups is 2. The average Bonchev–Trinajstić information content (AvgIpc) is 3.62. The van der Waals surface area contributed by atoms with Crippen molar-refractivity contribution in [3.8, 4) is 5.75 Å². The van der Waals surface area contributed by atoms with Crippen molar-refractivity contribution < 1.29 is 23.8 Å². The number of halogens is 2. The van der Waals surface area contributed by atoms with E-state index < -0.39 is 17.7 Å². The fourth-order valence-corrected chi connectivity index (χ4v) is 6.72. The summed E-state index contributed by atoms with van der Waals surface area (Å²) in [4.78, 5) is 28.4. The third kappa shape index (κ3) is 6.23. The topological polar surface area (TPSA) is 92.6 Å². The van der Waals surface area contributed by atoms with Crippen LogP contribution in [0.25, 0.3) is 5.76 Å². The zero-order valence-electron chi connectivity index (χ0n) is 22.9. The Hall–Kier alpha value is -4.51. The van der Waals surface area contributed by atoms with E-state index in [4.69, 9.17) is 16.3 Å². The molecule has 7 nitrogen and oxygen atoms in total. The zero-order valence-corrected chi connectivity index (χ0v) is 25.3. The normalized spacial score (nSPS) is 16.0. The second kappa shape index (κ2) is 13.0. The summed E-state index contributed by atoms with van der Waals surface area (Å²) in [5, 5.41) is 20.4. The van der Waals surface area contributed by atoms with Crippen molar-refractivity contribution in [2.75, 3.05) is 4.90 Å². The van der Waals surface area contributed by atoms with Crippen LogP contribution in [0.1, 0.15) is 28.3 Å². The number of aliphatic hydroxyl groups is 1. The van der Waals surface area contributed by atoms with Gasteiger partial charge in [0.2, 0.25) is 5.13 Å². The number of benzene rings is 4. The quantitative estimate of drug-likeness (QED) is 0.0575. The fourth-order valence-electron chi connectivity index (χ4n) is 4.74. The molecule has 4 aromatic carbocycles. The van der Waals surface area contributed by atoms with Gasteiger partial charge < -0.3 is 9.84 Å². The number of ketones is 1. The number of Topliss-reactive ketones (excluding diaryl/α,β-unsaturated/α-hetero) is 1. The Morgan fingerprint density at radius 1 is 0.955 bits per heavy atom. The number of rotatable bonds is 9. The first-order chi connectivity index (χ1) is 21.4. The highest BCUT2D eigenvalue weighted by atomic mass is 35.5. The maximum Gasteiger partial charge on any atom is 0.301 e. The molecule has 44 heavy (non-hydrogen) atoms. The number of aromatic nitrogens is 2. The van der Waals surface area contributed by atoms with E-state index in [1.165, 1.54) is 22.7 Å². The Morgan fingerprint density at radius 2 is 1.70 bits per heavy atom. The lowest BCUT2D eigenvalue weighted by molar-refractivity contribution is -0.132. The van der Waals surface area contributed by atoms with E-state index in [9.17, 15) is 19.1 Å². The molecule has 1 unspecified atom stereocenters. The lowest BCUT2D eigenvalue weighted by Crippen LogP contribution is -2.29. The molecule has 1 aliphatic heterocycles. The van der Waals surface area contributed by atoms with Gasteiger partial charge in [0.15, 0.2) is 4.34 Å². The summed E-state index contributed by atoms with van der Waals surface area (Å²) in [6.45, 7) is 0.314. The molecule has 0 spiro atoms. The minimum absolute atomic E-state index is 0.103. The van der Waals surface area contributed by atoms with Crippen molar-refractivity contribution in [1.82, 2.24) is 10.2 Å². The van der Waals surface area contributed by atoms with Crippen LogP contribution in [0.3, 0.4) is 0 Å². The Morgan fingerprint density at radius 3 is 2.48 bits per heavy atom. The SMILES string of the molecule is O=C1C(=O)N(c2nnc(SCc3ccccc3F)s2)C(c2cccc(OCc3ccccc3)c2)/C1=C(\O)c1ccc(Cl)cc1. The molecule has 1 saturated heterocycles. The monoisotopic (exact) mass is 643 g/mol. The Kier molecular flexibility index (Phi) is 8.74. The van der Waals surface area contributed by atoms with E-state index >= 15 is 0 Å². The third-order valence-electron chi connectivity index (χ3n) is 6.90. The van der Waals surface area contributed by atoms with Gasteiger partial charge in [0.05, 0.1) is 11.6 Å². The van der Waals surface area contributed by atoms with Gasteiger partial charge >= 0.3 is 5.91 Å². The highest BCUT2D eigenvalue weighted by Crippen LogP contribution is 2.44. The summed E-state index contributed by atoms with van der Waals surface area (Å²) in [5.74, 6) is -1.58. The van der Waals surface area contributed by atoms with E-state index in [-0.39, 0.29) is 22.3 Å². The van der Waals surface area contributed by atoms with Gasteiger partial charge in [-0.15, -0.1) is 10.2 Å². The molecule has 6 rings (SSSR count). The number of hydrogen-bond acceptors (Lipinski definition) is 8. The number of nitrogens with zero attached hydrogens (tertiary/aromatic N) is 3. The van der Waals surface area contributed by atoms with Crippen LogP contribution in [-0.2, 0) is 21.9 Å². The fraction of sp³-hybridized carbons (Fsp3) is 0.0909. The minimum atomic E-state index is -1.02. The van der Waals surface area contributed by atoms with Gasteiger partial charge in [-0.3, -0.25) is 14.5 Å². The molecular weight excluding hydrogens is 621 g/mol. The van der Waals surface area contributed by atoms with E-state index in [2.05, 4.69) is 10.2 Å². The molecule has 0 radical (unpaired) electrons. The summed E-state index contributed by atoms with van der Waals surface area (Å²) in [7, 11) is 0. The standard InChI is InChI=1S/C33H23ClFN3O4S2/c34-24-15-13-21(14-16-24)29(39)27-28(22-10-6-11-25(17-22)42-18-20-7-2-1-3-8-20)38(31(41)30(27)40)32-36-37-33(44-32)43-19-23-9-4-5-12-26(23)35/h1-17,28,39H,18-19H2/b29-27+. The summed E-state index contributed by atoms with van der Waals surface area (Å²) in [6.07, 6.45) is 0. The molecule has 1 aliphatic rings. The van der Waals surface area contributed by atoms with Gasteiger partial charge in [-0.05, 0) is 59.2 Å². The largest absolute Gasteiger partial charge is 0.507 e. The van der Waals surface area contributed by atoms with E-state index in [0.717, 1.165) is 16.9 Å². The molecule has 0 bridgehead atoms. The van der Waals surface area contributed by atoms with Crippen molar-refractivity contribution in [1.29, 1.82) is 0 Å². The van der Waals surface area contributed by atoms with Crippen LogP contribution < -0.4 is 9.64 Å². The molecule has 0 saturated carbocycles. The maximum atomic E-state index is 14.2. The number of hydrogen-bond donors (Lipinski definition) is 1. The van der Waals surface area contributed by atoms with Crippen LogP contribution in [-0.4, -0.2) is 27.0 Å². The van der Waals surface area contributed by atoms with E-state index in [0.29, 0.717) is 44.2 Å². The molecule has 220 valence electrons. The van der Waals surface area contributed by atoms with Crippen LogP contribution in [0, 0.1) is 5.82 Å². The number of aliphatic hydroxyl groups excluding tert-OH is 1. The van der Waals surface area contributed by atoms with Crippen LogP contribution >= 0.6 is 34.7 Å². The molecule has 1 amide bonds. The van der Waals surface area contributed by atoms with E-state index in [1.54, 1.807) is 66.7 Å². The van der Waals surface area contributed by atoms with E-state index in [1.807, 2.05) is 30.3 Å². The highest BCUT2D eigenvalue weighted by molar-refractivity contribution is 8.00. The first-order valence-corrected chi connectivity index (χ1v) is 15.6. The molecule has 1 fully saturated rings. The van der Waals surface area contributed by atoms with Crippen molar-refractivity contribution >= 4 is 57.3 Å². The Labute approximate surface area is 265 Å². The van der Waals surface area contributed by atoms with Gasteiger partial charge in [0.1, 0.15) is 23.9 Å². The molecule has 11 heteroatoms. The van der Waals surface area contributed by atoms with Crippen molar-refractivity contribution in [3.63, 3.8) is 0 Å². The minimum Gasteiger partial charge on any atom is -0.507 e. The molecule has 1 aromatic heterocycles. The summed E-state index contributed by atoms with van der Waals surface area (Å²) in [5.41, 5.74) is 2.23. The smallest absolute Gasteiger partial charge is 0.301 e. The number of carbonyl (C=O) groups excluding carboxylic acids is 2. The molecule has 1 N–H and O–H groups in total. The maximum absolute atomic E-state index is 14.2. The van der Waals surface area contributed by atoms with Crippen LogP contribution in [0.15, 0.2) is 113 Å². The number of amides is 1. The average molecular weight is 644 g/mol. The summed E-state index contributed by atoms with van der Waals surface area (Å²) >= 11 is 8.41. The van der Waals surface area contributed by atoms with Crippen molar-refractivity contribution in [2.24, 2.45) is 0 Å². The Balaban J connectivity index is 1.37.